The molecule has 1 nitrogen and oxygen atoms in total. The minimum atomic E-state index is -0.214. The molecule has 2 rings (SSSR count). The van der Waals surface area contributed by atoms with Crippen LogP contribution in [-0.2, 0) is 6.42 Å². The van der Waals surface area contributed by atoms with Crippen LogP contribution in [0, 0.1) is 5.82 Å². The molecule has 0 aliphatic heterocycles. The summed E-state index contributed by atoms with van der Waals surface area (Å²) in [5.74, 6) is -0.214. The highest BCUT2D eigenvalue weighted by Crippen LogP contribution is 2.18. The van der Waals surface area contributed by atoms with Gasteiger partial charge in [-0.15, -0.1) is 0 Å². The van der Waals surface area contributed by atoms with E-state index in [0.29, 0.717) is 0 Å². The van der Waals surface area contributed by atoms with Crippen LogP contribution in [0.3, 0.4) is 0 Å². The van der Waals surface area contributed by atoms with Crippen LogP contribution in [-0.4, -0.2) is 0 Å². The van der Waals surface area contributed by atoms with Crippen LogP contribution < -0.4 is 5.73 Å². The lowest BCUT2D eigenvalue weighted by Gasteiger charge is -2.11. The zero-order valence-corrected chi connectivity index (χ0v) is 9.71. The number of nitrogens with two attached hydrogens (primary N) is 1. The first-order chi connectivity index (χ1) is 7.75. The van der Waals surface area contributed by atoms with Gasteiger partial charge < -0.3 is 5.73 Å². The lowest BCUT2D eigenvalue weighted by molar-refractivity contribution is 0.619. The predicted octanol–water partition coefficient (Wildman–Crippen LogP) is 3.52. The Balaban J connectivity index is 1.93. The van der Waals surface area contributed by atoms with Crippen LogP contribution >= 0.6 is 11.3 Å². The van der Waals surface area contributed by atoms with Gasteiger partial charge in [0.15, 0.2) is 0 Å². The van der Waals surface area contributed by atoms with Gasteiger partial charge in [-0.05, 0) is 52.9 Å². The summed E-state index contributed by atoms with van der Waals surface area (Å²) >= 11 is 1.70. The van der Waals surface area contributed by atoms with E-state index >= 15 is 0 Å². The Kier molecular flexibility index (Phi) is 3.70. The van der Waals surface area contributed by atoms with Gasteiger partial charge in [0.05, 0.1) is 0 Å². The van der Waals surface area contributed by atoms with Crippen molar-refractivity contribution in [1.82, 2.24) is 0 Å². The monoisotopic (exact) mass is 235 g/mol. The Labute approximate surface area is 98.7 Å². The van der Waals surface area contributed by atoms with Gasteiger partial charge in [-0.1, -0.05) is 12.1 Å². The van der Waals surface area contributed by atoms with Crippen molar-refractivity contribution in [3.8, 4) is 0 Å². The molecule has 1 heterocycles. The topological polar surface area (TPSA) is 26.0 Å². The van der Waals surface area contributed by atoms with Crippen LogP contribution in [0.4, 0.5) is 4.39 Å². The van der Waals surface area contributed by atoms with Crippen molar-refractivity contribution in [1.29, 1.82) is 0 Å². The molecule has 2 aromatic rings. The van der Waals surface area contributed by atoms with E-state index in [1.807, 2.05) is 0 Å². The number of rotatable bonds is 4. The van der Waals surface area contributed by atoms with Gasteiger partial charge in [-0.25, -0.2) is 4.39 Å². The summed E-state index contributed by atoms with van der Waals surface area (Å²) in [5.41, 5.74) is 8.36. The average Bonchev–Trinajstić information content (AvgIpc) is 2.80. The van der Waals surface area contributed by atoms with Crippen molar-refractivity contribution in [3.63, 3.8) is 0 Å². The molecule has 0 saturated heterocycles. The van der Waals surface area contributed by atoms with Crippen LogP contribution in [0.1, 0.15) is 23.6 Å². The van der Waals surface area contributed by atoms with Crippen LogP contribution in [0.2, 0.25) is 0 Å². The third-order valence-corrected chi connectivity index (χ3v) is 3.35. The maximum atomic E-state index is 12.7. The highest BCUT2D eigenvalue weighted by atomic mass is 32.1. The maximum Gasteiger partial charge on any atom is 0.123 e. The Hall–Kier alpha value is -1.19. The van der Waals surface area contributed by atoms with Crippen LogP contribution in [0.5, 0.6) is 0 Å². The summed E-state index contributed by atoms with van der Waals surface area (Å²) < 4.78 is 12.7. The first-order valence-corrected chi connectivity index (χ1v) is 6.22. The molecule has 16 heavy (non-hydrogen) atoms. The van der Waals surface area contributed by atoms with Crippen molar-refractivity contribution in [2.45, 2.75) is 18.9 Å². The second kappa shape index (κ2) is 5.23. The molecule has 0 spiro atoms. The van der Waals surface area contributed by atoms with E-state index in [4.69, 9.17) is 5.73 Å². The Morgan fingerprint density at radius 2 is 1.94 bits per heavy atom. The summed E-state index contributed by atoms with van der Waals surface area (Å²) in [6, 6.07) is 8.53. The molecular weight excluding hydrogens is 221 g/mol. The molecule has 1 unspecified atom stereocenters. The standard InChI is InChI=1S/C13H14FNS/c14-12-4-2-11(3-5-12)13(15)6-1-10-7-8-16-9-10/h2-5,7-9,13H,1,6,15H2. The van der Waals surface area contributed by atoms with E-state index < -0.39 is 0 Å². The van der Waals surface area contributed by atoms with E-state index in [0.717, 1.165) is 18.4 Å². The molecule has 0 saturated carbocycles. The van der Waals surface area contributed by atoms with E-state index in [1.165, 1.54) is 17.7 Å². The van der Waals surface area contributed by atoms with Gasteiger partial charge in [0.2, 0.25) is 0 Å². The Morgan fingerprint density at radius 1 is 1.19 bits per heavy atom. The quantitative estimate of drug-likeness (QED) is 0.862. The number of halogens is 1. The van der Waals surface area contributed by atoms with Crippen molar-refractivity contribution in [2.75, 3.05) is 0 Å². The normalized spacial score (nSPS) is 12.6. The molecule has 1 atom stereocenters. The average molecular weight is 235 g/mol. The zero-order valence-electron chi connectivity index (χ0n) is 8.90. The predicted molar refractivity (Wildman–Crippen MR) is 66.0 cm³/mol. The number of benzene rings is 1. The fourth-order valence-corrected chi connectivity index (χ4v) is 2.34. The lowest BCUT2D eigenvalue weighted by atomic mass is 10.0. The van der Waals surface area contributed by atoms with E-state index in [-0.39, 0.29) is 11.9 Å². The molecule has 0 aliphatic carbocycles. The molecule has 3 heteroatoms. The first-order valence-electron chi connectivity index (χ1n) is 5.28. The molecule has 0 amide bonds. The maximum absolute atomic E-state index is 12.7. The highest BCUT2D eigenvalue weighted by Gasteiger charge is 2.06. The van der Waals surface area contributed by atoms with Crippen molar-refractivity contribution in [2.24, 2.45) is 5.73 Å². The summed E-state index contributed by atoms with van der Waals surface area (Å²) in [7, 11) is 0. The third-order valence-electron chi connectivity index (χ3n) is 2.62. The molecule has 1 aromatic heterocycles. The molecule has 0 radical (unpaired) electrons. The van der Waals surface area contributed by atoms with Gasteiger partial charge in [-0.3, -0.25) is 0 Å². The number of aryl methyl sites for hydroxylation is 1. The highest BCUT2D eigenvalue weighted by molar-refractivity contribution is 7.07. The van der Waals surface area contributed by atoms with Gasteiger partial charge in [0.1, 0.15) is 5.82 Å². The second-order valence-corrected chi connectivity index (χ2v) is 4.61. The third kappa shape index (κ3) is 2.90. The van der Waals surface area contributed by atoms with E-state index in [9.17, 15) is 4.39 Å². The Morgan fingerprint density at radius 3 is 2.56 bits per heavy atom. The number of thiophene rings is 1. The molecule has 2 N–H and O–H groups in total. The summed E-state index contributed by atoms with van der Waals surface area (Å²) in [4.78, 5) is 0. The number of hydrogen-bond acceptors (Lipinski definition) is 2. The first kappa shape index (κ1) is 11.3. The SMILES string of the molecule is NC(CCc1ccsc1)c1ccc(F)cc1. The number of hydrogen-bond donors (Lipinski definition) is 1. The molecule has 1 aromatic carbocycles. The molecule has 0 bridgehead atoms. The summed E-state index contributed by atoms with van der Waals surface area (Å²) in [6.45, 7) is 0. The van der Waals surface area contributed by atoms with E-state index in [1.54, 1.807) is 23.5 Å². The Bertz CT molecular complexity index is 422. The lowest BCUT2D eigenvalue weighted by Crippen LogP contribution is -2.11. The molecule has 84 valence electrons. The zero-order chi connectivity index (χ0) is 11.4. The van der Waals surface area contributed by atoms with Gasteiger partial charge in [-0.2, -0.15) is 11.3 Å². The largest absolute Gasteiger partial charge is 0.324 e. The van der Waals surface area contributed by atoms with Crippen molar-refractivity contribution in [3.05, 3.63) is 58.0 Å². The molecule has 0 aliphatic rings. The summed E-state index contributed by atoms with van der Waals surface area (Å²) in [5, 5.41) is 4.20. The minimum Gasteiger partial charge on any atom is -0.324 e. The summed E-state index contributed by atoms with van der Waals surface area (Å²) in [6.07, 6.45) is 1.87. The van der Waals surface area contributed by atoms with Gasteiger partial charge in [0.25, 0.3) is 0 Å². The fraction of sp³-hybridized carbons (Fsp3) is 0.231. The van der Waals surface area contributed by atoms with Crippen molar-refractivity contribution >= 4 is 11.3 Å². The minimum absolute atomic E-state index is 0.0134. The van der Waals surface area contributed by atoms with Crippen molar-refractivity contribution < 1.29 is 4.39 Å². The fourth-order valence-electron chi connectivity index (χ4n) is 1.63. The van der Waals surface area contributed by atoms with Gasteiger partial charge in [0, 0.05) is 6.04 Å². The molecule has 0 fully saturated rings. The van der Waals surface area contributed by atoms with Crippen LogP contribution in [0.25, 0.3) is 0 Å². The smallest absolute Gasteiger partial charge is 0.123 e. The van der Waals surface area contributed by atoms with Crippen LogP contribution in [0.15, 0.2) is 41.1 Å². The second-order valence-electron chi connectivity index (χ2n) is 3.83. The molecular formula is C13H14FNS. The van der Waals surface area contributed by atoms with E-state index in [2.05, 4.69) is 16.8 Å². The van der Waals surface area contributed by atoms with Gasteiger partial charge >= 0.3 is 0 Å².